The van der Waals surface area contributed by atoms with E-state index in [-0.39, 0.29) is 12.5 Å². The lowest BCUT2D eigenvalue weighted by Crippen LogP contribution is -2.16. The lowest BCUT2D eigenvalue weighted by Gasteiger charge is -1.91. The second-order valence-corrected chi connectivity index (χ2v) is 2.07. The summed E-state index contributed by atoms with van der Waals surface area (Å²) in [5, 5.41) is 11.2. The molecule has 0 saturated heterocycles. The Morgan fingerprint density at radius 2 is 2.44 bits per heavy atom. The number of carbonyl (C=O) groups excluding carboxylic acids is 1. The molecule has 0 atom stereocenters. The number of nitrogens with one attached hydrogen (secondary N) is 1. The Balaban J connectivity index is 2.79. The van der Waals surface area contributed by atoms with Gasteiger partial charge in [-0.05, 0) is 12.5 Å². The number of amides is 1. The highest BCUT2D eigenvalue weighted by atomic mass is 16.3. The third-order valence-corrected chi connectivity index (χ3v) is 1.52. The number of carbonyl (C=O) groups is 1. The molecule has 0 fully saturated rings. The molecule has 50 valence electrons. The topological polar surface area (TPSA) is 49.3 Å². The predicted molar refractivity (Wildman–Crippen MR) is 32.8 cm³/mol. The average Bonchev–Trinajstić information content (AvgIpc) is 2.15. The standard InChI is InChI=1S/C6H9NO2/c1-4-5(3-8)2-7-6(4)9/h8H,2-3H2,1H3,(H,7,9). The summed E-state index contributed by atoms with van der Waals surface area (Å²) in [6, 6.07) is 0. The van der Waals surface area contributed by atoms with Gasteiger partial charge >= 0.3 is 0 Å². The molecule has 1 heterocycles. The van der Waals surface area contributed by atoms with E-state index in [9.17, 15) is 4.79 Å². The summed E-state index contributed by atoms with van der Waals surface area (Å²) in [4.78, 5) is 10.7. The van der Waals surface area contributed by atoms with Gasteiger partial charge in [0.25, 0.3) is 0 Å². The third-order valence-electron chi connectivity index (χ3n) is 1.52. The van der Waals surface area contributed by atoms with Crippen molar-refractivity contribution in [3.63, 3.8) is 0 Å². The van der Waals surface area contributed by atoms with Crippen LogP contribution >= 0.6 is 0 Å². The van der Waals surface area contributed by atoms with Gasteiger partial charge in [-0.15, -0.1) is 0 Å². The molecular formula is C6H9NO2. The van der Waals surface area contributed by atoms with Gasteiger partial charge in [-0.2, -0.15) is 0 Å². The Hall–Kier alpha value is -0.830. The second kappa shape index (κ2) is 2.19. The molecule has 3 heteroatoms. The van der Waals surface area contributed by atoms with Crippen molar-refractivity contribution in [3.8, 4) is 0 Å². The largest absolute Gasteiger partial charge is 0.392 e. The number of aliphatic hydroxyl groups is 1. The molecule has 0 aromatic carbocycles. The van der Waals surface area contributed by atoms with Crippen LogP contribution in [0.15, 0.2) is 11.1 Å². The van der Waals surface area contributed by atoms with Gasteiger partial charge in [0.1, 0.15) is 0 Å². The maximum atomic E-state index is 10.7. The molecule has 1 amide bonds. The Morgan fingerprint density at radius 1 is 1.78 bits per heavy atom. The minimum absolute atomic E-state index is 0.00935. The summed E-state index contributed by atoms with van der Waals surface area (Å²) < 4.78 is 0. The summed E-state index contributed by atoms with van der Waals surface area (Å²) in [7, 11) is 0. The summed E-state index contributed by atoms with van der Waals surface area (Å²) in [6.07, 6.45) is 0. The maximum absolute atomic E-state index is 10.7. The van der Waals surface area contributed by atoms with Crippen LogP contribution in [-0.4, -0.2) is 24.2 Å². The van der Waals surface area contributed by atoms with E-state index in [1.54, 1.807) is 6.92 Å². The maximum Gasteiger partial charge on any atom is 0.247 e. The quantitative estimate of drug-likeness (QED) is 0.495. The predicted octanol–water partition coefficient (Wildman–Crippen LogP) is -0.575. The number of aliphatic hydroxyl groups excluding tert-OH is 1. The average molecular weight is 127 g/mol. The fourth-order valence-electron chi connectivity index (χ4n) is 0.787. The molecule has 0 unspecified atom stereocenters. The zero-order valence-corrected chi connectivity index (χ0v) is 5.27. The van der Waals surface area contributed by atoms with Crippen LogP contribution in [0.25, 0.3) is 0 Å². The first-order valence-corrected chi connectivity index (χ1v) is 2.83. The van der Waals surface area contributed by atoms with Gasteiger partial charge < -0.3 is 10.4 Å². The van der Waals surface area contributed by atoms with Crippen molar-refractivity contribution in [2.75, 3.05) is 13.2 Å². The molecule has 9 heavy (non-hydrogen) atoms. The second-order valence-electron chi connectivity index (χ2n) is 2.07. The Bertz CT molecular complexity index is 172. The smallest absolute Gasteiger partial charge is 0.247 e. The molecule has 0 bridgehead atoms. The van der Waals surface area contributed by atoms with Crippen molar-refractivity contribution in [2.24, 2.45) is 0 Å². The van der Waals surface area contributed by atoms with Crippen molar-refractivity contribution in [3.05, 3.63) is 11.1 Å². The van der Waals surface area contributed by atoms with Crippen molar-refractivity contribution < 1.29 is 9.90 Å². The van der Waals surface area contributed by atoms with Crippen LogP contribution in [0.3, 0.4) is 0 Å². The molecule has 0 radical (unpaired) electrons. The van der Waals surface area contributed by atoms with Crippen molar-refractivity contribution in [1.82, 2.24) is 5.32 Å². The molecule has 0 aromatic rings. The normalized spacial score (nSPS) is 18.7. The molecular weight excluding hydrogens is 118 g/mol. The molecule has 3 nitrogen and oxygen atoms in total. The van der Waals surface area contributed by atoms with Gasteiger partial charge in [0.2, 0.25) is 5.91 Å². The summed E-state index contributed by atoms with van der Waals surface area (Å²) in [6.45, 7) is 2.22. The van der Waals surface area contributed by atoms with Gasteiger partial charge in [-0.25, -0.2) is 0 Å². The Morgan fingerprint density at radius 3 is 2.67 bits per heavy atom. The van der Waals surface area contributed by atoms with Gasteiger partial charge in [0, 0.05) is 12.1 Å². The first kappa shape index (κ1) is 6.29. The lowest BCUT2D eigenvalue weighted by molar-refractivity contribution is -0.116. The van der Waals surface area contributed by atoms with Crippen LogP contribution in [0.2, 0.25) is 0 Å². The SMILES string of the molecule is CC1=C(CO)CNC1=O. The van der Waals surface area contributed by atoms with Crippen LogP contribution in [0.1, 0.15) is 6.92 Å². The zero-order valence-electron chi connectivity index (χ0n) is 5.27. The lowest BCUT2D eigenvalue weighted by atomic mass is 10.2. The molecule has 0 saturated carbocycles. The van der Waals surface area contributed by atoms with Crippen molar-refractivity contribution in [2.45, 2.75) is 6.92 Å². The van der Waals surface area contributed by atoms with Crippen LogP contribution in [0, 0.1) is 0 Å². The highest BCUT2D eigenvalue weighted by Crippen LogP contribution is 2.07. The molecule has 1 aliphatic rings. The fraction of sp³-hybridized carbons (Fsp3) is 0.500. The molecule has 0 spiro atoms. The van der Waals surface area contributed by atoms with Crippen molar-refractivity contribution in [1.29, 1.82) is 0 Å². The van der Waals surface area contributed by atoms with E-state index in [0.717, 1.165) is 5.57 Å². The highest BCUT2D eigenvalue weighted by Gasteiger charge is 2.16. The number of hydrogen-bond donors (Lipinski definition) is 2. The van der Waals surface area contributed by atoms with Gasteiger partial charge in [0.15, 0.2) is 0 Å². The summed E-state index contributed by atoms with van der Waals surface area (Å²) in [5.74, 6) is -0.0564. The third kappa shape index (κ3) is 0.954. The van der Waals surface area contributed by atoms with Gasteiger partial charge in [-0.1, -0.05) is 0 Å². The van der Waals surface area contributed by atoms with Crippen LogP contribution in [0.4, 0.5) is 0 Å². The first-order valence-electron chi connectivity index (χ1n) is 2.83. The van der Waals surface area contributed by atoms with E-state index in [4.69, 9.17) is 5.11 Å². The van der Waals surface area contributed by atoms with Crippen LogP contribution in [-0.2, 0) is 4.79 Å². The van der Waals surface area contributed by atoms with E-state index in [0.29, 0.717) is 12.1 Å². The molecule has 1 rings (SSSR count). The van der Waals surface area contributed by atoms with E-state index in [1.807, 2.05) is 0 Å². The Labute approximate surface area is 53.4 Å². The number of hydrogen-bond acceptors (Lipinski definition) is 2. The first-order chi connectivity index (χ1) is 4.25. The van der Waals surface area contributed by atoms with E-state index < -0.39 is 0 Å². The van der Waals surface area contributed by atoms with E-state index in [1.165, 1.54) is 0 Å². The minimum atomic E-state index is -0.0564. The van der Waals surface area contributed by atoms with Crippen LogP contribution in [0.5, 0.6) is 0 Å². The molecule has 0 aromatic heterocycles. The molecule has 0 aliphatic carbocycles. The zero-order chi connectivity index (χ0) is 6.85. The summed E-state index contributed by atoms with van der Waals surface area (Å²) >= 11 is 0. The molecule has 2 N–H and O–H groups in total. The highest BCUT2D eigenvalue weighted by molar-refractivity contribution is 5.96. The Kier molecular flexibility index (Phi) is 1.53. The van der Waals surface area contributed by atoms with Gasteiger partial charge in [0.05, 0.1) is 6.61 Å². The van der Waals surface area contributed by atoms with Crippen molar-refractivity contribution >= 4 is 5.91 Å². The van der Waals surface area contributed by atoms with E-state index >= 15 is 0 Å². The fourth-order valence-corrected chi connectivity index (χ4v) is 0.787. The van der Waals surface area contributed by atoms with Crippen LogP contribution < -0.4 is 5.32 Å². The summed E-state index contributed by atoms with van der Waals surface area (Å²) in [5.41, 5.74) is 1.47. The monoisotopic (exact) mass is 127 g/mol. The van der Waals surface area contributed by atoms with E-state index in [2.05, 4.69) is 5.32 Å². The molecule has 1 aliphatic heterocycles. The van der Waals surface area contributed by atoms with Gasteiger partial charge in [-0.3, -0.25) is 4.79 Å². The number of rotatable bonds is 1. The minimum Gasteiger partial charge on any atom is -0.392 e.